The minimum absolute atomic E-state index is 0.477. The molecule has 1 aliphatic heterocycles. The molecule has 0 aromatic carbocycles. The number of nitrogens with zero attached hydrogens (tertiary/aromatic N) is 1. The van der Waals surface area contributed by atoms with Crippen molar-refractivity contribution in [1.29, 1.82) is 0 Å². The molecule has 13 heavy (non-hydrogen) atoms. The van der Waals surface area contributed by atoms with Gasteiger partial charge in [0.1, 0.15) is 0 Å². The van der Waals surface area contributed by atoms with Crippen LogP contribution in [0.1, 0.15) is 34.1 Å². The molecule has 2 heteroatoms. The molecule has 0 aromatic rings. The molecular formula is C11H24N2. The predicted octanol–water partition coefficient (Wildman–Crippen LogP) is 1.72. The van der Waals surface area contributed by atoms with E-state index in [9.17, 15) is 0 Å². The lowest BCUT2D eigenvalue weighted by Crippen LogP contribution is -2.50. The molecule has 0 saturated carbocycles. The Kier molecular flexibility index (Phi) is 3.74. The van der Waals surface area contributed by atoms with Crippen LogP contribution in [0.25, 0.3) is 0 Å². The fourth-order valence-corrected chi connectivity index (χ4v) is 1.69. The molecule has 0 radical (unpaired) electrons. The quantitative estimate of drug-likeness (QED) is 0.703. The van der Waals surface area contributed by atoms with E-state index in [4.69, 9.17) is 0 Å². The summed E-state index contributed by atoms with van der Waals surface area (Å²) in [7, 11) is 0. The third-order valence-electron chi connectivity index (χ3n) is 2.79. The highest BCUT2D eigenvalue weighted by Crippen LogP contribution is 2.19. The van der Waals surface area contributed by atoms with Gasteiger partial charge >= 0.3 is 0 Å². The lowest BCUT2D eigenvalue weighted by Gasteiger charge is -2.35. The maximum absolute atomic E-state index is 3.42. The van der Waals surface area contributed by atoms with Crippen LogP contribution in [0.4, 0.5) is 0 Å². The smallest absolute Gasteiger partial charge is 0.0192 e. The molecule has 1 fully saturated rings. The first-order chi connectivity index (χ1) is 5.99. The zero-order chi connectivity index (χ0) is 9.90. The van der Waals surface area contributed by atoms with Gasteiger partial charge in [0.05, 0.1) is 0 Å². The molecule has 0 amide bonds. The van der Waals surface area contributed by atoms with E-state index >= 15 is 0 Å². The van der Waals surface area contributed by atoms with E-state index in [1.54, 1.807) is 0 Å². The molecule has 1 atom stereocenters. The third kappa shape index (κ3) is 4.10. The monoisotopic (exact) mass is 184 g/mol. The number of rotatable bonds is 2. The molecule has 1 N–H and O–H groups in total. The summed E-state index contributed by atoms with van der Waals surface area (Å²) in [6, 6.07) is 0.719. The van der Waals surface area contributed by atoms with E-state index in [1.807, 2.05) is 0 Å². The number of hydrogen-bond acceptors (Lipinski definition) is 2. The van der Waals surface area contributed by atoms with Crippen LogP contribution in [-0.4, -0.2) is 37.1 Å². The molecular weight excluding hydrogens is 160 g/mol. The van der Waals surface area contributed by atoms with Crippen LogP contribution in [0.5, 0.6) is 0 Å². The van der Waals surface area contributed by atoms with Crippen LogP contribution in [0.2, 0.25) is 0 Å². The Hall–Kier alpha value is -0.0800. The van der Waals surface area contributed by atoms with E-state index in [2.05, 4.69) is 37.9 Å². The van der Waals surface area contributed by atoms with Gasteiger partial charge in [-0.05, 0) is 25.3 Å². The summed E-state index contributed by atoms with van der Waals surface area (Å²) in [6.45, 7) is 14.1. The van der Waals surface area contributed by atoms with Gasteiger partial charge in [-0.3, -0.25) is 4.90 Å². The van der Waals surface area contributed by atoms with E-state index < -0.39 is 0 Å². The highest BCUT2D eigenvalue weighted by Gasteiger charge is 2.19. The Balaban J connectivity index is 2.27. The van der Waals surface area contributed by atoms with Gasteiger partial charge in [0.2, 0.25) is 0 Å². The maximum Gasteiger partial charge on any atom is 0.0192 e. The van der Waals surface area contributed by atoms with Crippen LogP contribution in [0, 0.1) is 5.41 Å². The van der Waals surface area contributed by atoms with Crippen molar-refractivity contribution >= 4 is 0 Å². The van der Waals surface area contributed by atoms with E-state index in [-0.39, 0.29) is 0 Å². The van der Waals surface area contributed by atoms with Crippen LogP contribution in [0.3, 0.4) is 0 Å². The lowest BCUT2D eigenvalue weighted by molar-refractivity contribution is 0.152. The van der Waals surface area contributed by atoms with Crippen molar-refractivity contribution in [2.45, 2.75) is 40.2 Å². The van der Waals surface area contributed by atoms with Crippen LogP contribution < -0.4 is 5.32 Å². The highest BCUT2D eigenvalue weighted by molar-refractivity contribution is 4.77. The van der Waals surface area contributed by atoms with Crippen LogP contribution >= 0.6 is 0 Å². The first-order valence-corrected chi connectivity index (χ1v) is 5.44. The summed E-state index contributed by atoms with van der Waals surface area (Å²) in [5, 5.41) is 3.42. The Morgan fingerprint density at radius 1 is 1.38 bits per heavy atom. The van der Waals surface area contributed by atoms with Crippen molar-refractivity contribution in [3.8, 4) is 0 Å². The normalized spacial score (nSPS) is 26.3. The molecule has 1 aliphatic rings. The van der Waals surface area contributed by atoms with Crippen molar-refractivity contribution in [2.75, 3.05) is 26.2 Å². The molecule has 0 spiro atoms. The topological polar surface area (TPSA) is 15.3 Å². The van der Waals surface area contributed by atoms with E-state index in [1.165, 1.54) is 19.5 Å². The number of nitrogens with one attached hydrogen (secondary N) is 1. The summed E-state index contributed by atoms with van der Waals surface area (Å²) in [5.41, 5.74) is 0.477. The Morgan fingerprint density at radius 3 is 2.62 bits per heavy atom. The van der Waals surface area contributed by atoms with Gasteiger partial charge in [-0.25, -0.2) is 0 Å². The fraction of sp³-hybridized carbons (Fsp3) is 1.00. The second-order valence-electron chi connectivity index (χ2n) is 5.40. The van der Waals surface area contributed by atoms with E-state index in [0.29, 0.717) is 5.41 Å². The van der Waals surface area contributed by atoms with Crippen LogP contribution in [0.15, 0.2) is 0 Å². The Morgan fingerprint density at radius 2 is 2.08 bits per heavy atom. The average Bonchev–Trinajstić information content (AvgIpc) is 2.01. The zero-order valence-electron chi connectivity index (χ0n) is 9.56. The van der Waals surface area contributed by atoms with Gasteiger partial charge in [-0.15, -0.1) is 0 Å². The number of piperazine rings is 1. The first kappa shape index (κ1) is 11.0. The number of hydrogen-bond donors (Lipinski definition) is 1. The summed E-state index contributed by atoms with van der Waals surface area (Å²) < 4.78 is 0. The second kappa shape index (κ2) is 4.43. The van der Waals surface area contributed by atoms with Crippen molar-refractivity contribution in [1.82, 2.24) is 10.2 Å². The summed E-state index contributed by atoms with van der Waals surface area (Å²) in [4.78, 5) is 2.60. The SMILES string of the molecule is C[C@@H]1CNCCN1CCC(C)(C)C. The third-order valence-corrected chi connectivity index (χ3v) is 2.79. The average molecular weight is 184 g/mol. The zero-order valence-corrected chi connectivity index (χ0v) is 9.56. The first-order valence-electron chi connectivity index (χ1n) is 5.44. The van der Waals surface area contributed by atoms with Gasteiger partial charge < -0.3 is 5.32 Å². The van der Waals surface area contributed by atoms with Gasteiger partial charge in [-0.1, -0.05) is 20.8 Å². The molecule has 0 aliphatic carbocycles. The standard InChI is InChI=1S/C11H24N2/c1-10-9-12-6-8-13(10)7-5-11(2,3)4/h10,12H,5-9H2,1-4H3/t10-/m1/s1. The highest BCUT2D eigenvalue weighted by atomic mass is 15.2. The molecule has 78 valence electrons. The van der Waals surface area contributed by atoms with E-state index in [0.717, 1.165) is 19.1 Å². The van der Waals surface area contributed by atoms with Crippen LogP contribution in [-0.2, 0) is 0 Å². The van der Waals surface area contributed by atoms with Gasteiger partial charge in [0, 0.05) is 25.7 Å². The maximum atomic E-state index is 3.42. The molecule has 1 rings (SSSR count). The summed E-state index contributed by atoms with van der Waals surface area (Å²) in [6.07, 6.45) is 1.30. The lowest BCUT2D eigenvalue weighted by atomic mass is 9.92. The summed E-state index contributed by atoms with van der Waals surface area (Å²) >= 11 is 0. The molecule has 1 heterocycles. The van der Waals surface area contributed by atoms with Crippen molar-refractivity contribution in [3.63, 3.8) is 0 Å². The van der Waals surface area contributed by atoms with Gasteiger partial charge in [-0.2, -0.15) is 0 Å². The minimum Gasteiger partial charge on any atom is -0.314 e. The minimum atomic E-state index is 0.477. The second-order valence-corrected chi connectivity index (χ2v) is 5.40. The predicted molar refractivity (Wildman–Crippen MR) is 58.0 cm³/mol. The Labute approximate surface area is 82.7 Å². The molecule has 0 bridgehead atoms. The largest absolute Gasteiger partial charge is 0.314 e. The van der Waals surface area contributed by atoms with Crippen molar-refractivity contribution in [2.24, 2.45) is 5.41 Å². The van der Waals surface area contributed by atoms with Gasteiger partial charge in [0.25, 0.3) is 0 Å². The molecule has 2 nitrogen and oxygen atoms in total. The molecule has 1 saturated heterocycles. The summed E-state index contributed by atoms with van der Waals surface area (Å²) in [5.74, 6) is 0. The van der Waals surface area contributed by atoms with Crippen molar-refractivity contribution in [3.05, 3.63) is 0 Å². The van der Waals surface area contributed by atoms with Crippen molar-refractivity contribution < 1.29 is 0 Å². The Bertz CT molecular complexity index is 149. The molecule has 0 aromatic heterocycles. The fourth-order valence-electron chi connectivity index (χ4n) is 1.69. The molecule has 0 unspecified atom stereocenters. The van der Waals surface area contributed by atoms with Gasteiger partial charge in [0.15, 0.2) is 0 Å².